The summed E-state index contributed by atoms with van der Waals surface area (Å²) in [5.41, 5.74) is -1.04. The molecule has 1 saturated carbocycles. The van der Waals surface area contributed by atoms with Crippen LogP contribution in [0.3, 0.4) is 0 Å². The first-order valence-corrected chi connectivity index (χ1v) is 8.46. The largest absolute Gasteiger partial charge is 0.481 e. The molecule has 1 saturated heterocycles. The van der Waals surface area contributed by atoms with E-state index >= 15 is 0 Å². The second-order valence-electron chi connectivity index (χ2n) is 7.76. The van der Waals surface area contributed by atoms with Gasteiger partial charge in [-0.05, 0) is 52.4 Å². The predicted molar refractivity (Wildman–Crippen MR) is 83.7 cm³/mol. The second kappa shape index (κ2) is 6.47. The Hall–Kier alpha value is -1.26. The van der Waals surface area contributed by atoms with Crippen LogP contribution < -0.4 is 0 Å². The summed E-state index contributed by atoms with van der Waals surface area (Å²) in [6.07, 6.45) is 6.01. The van der Waals surface area contributed by atoms with Crippen LogP contribution in [0.15, 0.2) is 0 Å². The molecule has 0 atom stereocenters. The van der Waals surface area contributed by atoms with Gasteiger partial charge in [-0.25, -0.2) is 4.79 Å². The van der Waals surface area contributed by atoms with Crippen LogP contribution in [0.4, 0.5) is 4.79 Å². The number of ether oxygens (including phenoxy) is 1. The summed E-state index contributed by atoms with van der Waals surface area (Å²) in [5.74, 6) is -0.452. The third-order valence-corrected chi connectivity index (χ3v) is 5.10. The lowest BCUT2D eigenvalue weighted by molar-refractivity contribution is -0.157. The molecule has 2 fully saturated rings. The van der Waals surface area contributed by atoms with Crippen molar-refractivity contribution in [2.45, 2.75) is 71.3 Å². The lowest BCUT2D eigenvalue weighted by Gasteiger charge is -2.44. The summed E-state index contributed by atoms with van der Waals surface area (Å²) >= 11 is 0. The number of hydrogen-bond acceptors (Lipinski definition) is 3. The zero-order valence-corrected chi connectivity index (χ0v) is 14.1. The number of nitrogens with zero attached hydrogens (tertiary/aromatic N) is 1. The highest BCUT2D eigenvalue weighted by molar-refractivity contribution is 5.75. The van der Waals surface area contributed by atoms with Gasteiger partial charge in [0.1, 0.15) is 5.60 Å². The molecule has 1 N–H and O–H groups in total. The van der Waals surface area contributed by atoms with Gasteiger partial charge in [-0.1, -0.05) is 19.3 Å². The van der Waals surface area contributed by atoms with Crippen LogP contribution in [-0.4, -0.2) is 40.8 Å². The minimum Gasteiger partial charge on any atom is -0.481 e. The maximum atomic E-state index is 12.1. The SMILES string of the molecule is CC(C)(C)OC(=O)N1CCC(C2(C(=O)O)CCCCC2)CC1. The molecule has 5 heteroatoms. The highest BCUT2D eigenvalue weighted by atomic mass is 16.6. The van der Waals surface area contributed by atoms with Crippen LogP contribution in [-0.2, 0) is 9.53 Å². The fourth-order valence-electron chi connectivity index (χ4n) is 3.92. The molecule has 22 heavy (non-hydrogen) atoms. The summed E-state index contributed by atoms with van der Waals surface area (Å²) in [5, 5.41) is 9.76. The molecule has 1 aliphatic heterocycles. The first-order chi connectivity index (χ1) is 10.2. The third-order valence-electron chi connectivity index (χ3n) is 5.10. The highest BCUT2D eigenvalue weighted by Gasteiger charge is 2.47. The lowest BCUT2D eigenvalue weighted by atomic mass is 9.63. The molecule has 0 aromatic heterocycles. The summed E-state index contributed by atoms with van der Waals surface area (Å²) in [6.45, 7) is 6.79. The van der Waals surface area contributed by atoms with Crippen LogP contribution in [0.1, 0.15) is 65.7 Å². The quantitative estimate of drug-likeness (QED) is 0.845. The number of carbonyl (C=O) groups excluding carboxylic acids is 1. The minimum atomic E-state index is -0.636. The molecule has 1 heterocycles. The number of carboxylic acid groups (broad SMARTS) is 1. The first kappa shape index (κ1) is 17.1. The molecule has 2 rings (SSSR count). The van der Waals surface area contributed by atoms with Gasteiger partial charge >= 0.3 is 12.1 Å². The average molecular weight is 311 g/mol. The Bertz CT molecular complexity index is 413. The van der Waals surface area contributed by atoms with E-state index in [1.54, 1.807) is 4.90 Å². The average Bonchev–Trinajstić information content (AvgIpc) is 2.46. The molecular weight excluding hydrogens is 282 g/mol. The van der Waals surface area contributed by atoms with E-state index in [-0.39, 0.29) is 12.0 Å². The number of carbonyl (C=O) groups is 2. The first-order valence-electron chi connectivity index (χ1n) is 8.46. The maximum absolute atomic E-state index is 12.1. The van der Waals surface area contributed by atoms with Crippen LogP contribution in [0.2, 0.25) is 0 Å². The Morgan fingerprint density at radius 3 is 2.09 bits per heavy atom. The van der Waals surface area contributed by atoms with Crippen LogP contribution in [0.5, 0.6) is 0 Å². The van der Waals surface area contributed by atoms with E-state index in [2.05, 4.69) is 0 Å². The normalized spacial score (nSPS) is 23.1. The van der Waals surface area contributed by atoms with E-state index in [0.717, 1.165) is 44.9 Å². The Balaban J connectivity index is 1.96. The lowest BCUT2D eigenvalue weighted by Crippen LogP contribution is -2.48. The molecule has 5 nitrogen and oxygen atoms in total. The van der Waals surface area contributed by atoms with E-state index in [1.807, 2.05) is 20.8 Å². The van der Waals surface area contributed by atoms with Gasteiger partial charge in [0, 0.05) is 13.1 Å². The molecule has 0 aromatic carbocycles. The summed E-state index contributed by atoms with van der Waals surface area (Å²) in [6, 6.07) is 0. The number of likely N-dealkylation sites (tertiary alicyclic amines) is 1. The molecule has 0 bridgehead atoms. The van der Waals surface area contributed by atoms with Crippen LogP contribution in [0, 0.1) is 11.3 Å². The van der Waals surface area contributed by atoms with Gasteiger partial charge in [0.25, 0.3) is 0 Å². The molecule has 0 aromatic rings. The minimum absolute atomic E-state index is 0.184. The number of carboxylic acids is 1. The van der Waals surface area contributed by atoms with Crippen molar-refractivity contribution >= 4 is 12.1 Å². The van der Waals surface area contributed by atoms with Crippen molar-refractivity contribution in [3.05, 3.63) is 0 Å². The van der Waals surface area contributed by atoms with Gasteiger partial charge in [0.15, 0.2) is 0 Å². The Morgan fingerprint density at radius 1 is 1.09 bits per heavy atom. The molecule has 0 unspecified atom stereocenters. The monoisotopic (exact) mass is 311 g/mol. The zero-order chi connectivity index (χ0) is 16.4. The zero-order valence-electron chi connectivity index (χ0n) is 14.1. The summed E-state index contributed by atoms with van der Waals surface area (Å²) in [7, 11) is 0. The Kier molecular flexibility index (Phi) is 5.03. The summed E-state index contributed by atoms with van der Waals surface area (Å²) < 4.78 is 5.40. The van der Waals surface area contributed by atoms with Crippen LogP contribution >= 0.6 is 0 Å². The number of amides is 1. The van der Waals surface area contributed by atoms with Gasteiger partial charge < -0.3 is 14.7 Å². The number of piperidine rings is 1. The topological polar surface area (TPSA) is 66.8 Å². The fraction of sp³-hybridized carbons (Fsp3) is 0.882. The molecular formula is C17H29NO4. The van der Waals surface area contributed by atoms with E-state index in [0.29, 0.717) is 13.1 Å². The van der Waals surface area contributed by atoms with Crippen molar-refractivity contribution in [3.8, 4) is 0 Å². The molecule has 126 valence electrons. The summed E-state index contributed by atoms with van der Waals surface area (Å²) in [4.78, 5) is 25.7. The van der Waals surface area contributed by atoms with Crippen molar-refractivity contribution in [1.82, 2.24) is 4.90 Å². The fourth-order valence-corrected chi connectivity index (χ4v) is 3.92. The molecule has 1 aliphatic carbocycles. The Morgan fingerprint density at radius 2 is 1.64 bits per heavy atom. The third kappa shape index (κ3) is 3.73. The van der Waals surface area contributed by atoms with Gasteiger partial charge in [-0.15, -0.1) is 0 Å². The van der Waals surface area contributed by atoms with Gasteiger partial charge in [-0.3, -0.25) is 4.79 Å². The Labute approximate surface area is 133 Å². The number of aliphatic carboxylic acids is 1. The molecule has 2 aliphatic rings. The number of hydrogen-bond donors (Lipinski definition) is 1. The van der Waals surface area contributed by atoms with Crippen molar-refractivity contribution in [2.24, 2.45) is 11.3 Å². The second-order valence-corrected chi connectivity index (χ2v) is 7.76. The standard InChI is InChI=1S/C17H29NO4/c1-16(2,3)22-15(21)18-11-7-13(8-12-18)17(14(19)20)9-5-4-6-10-17/h13H,4-12H2,1-3H3,(H,19,20). The van der Waals surface area contributed by atoms with Gasteiger partial charge in [0.2, 0.25) is 0 Å². The van der Waals surface area contributed by atoms with E-state index < -0.39 is 17.0 Å². The van der Waals surface area contributed by atoms with E-state index in [9.17, 15) is 14.7 Å². The molecule has 0 radical (unpaired) electrons. The van der Waals surface area contributed by atoms with Gasteiger partial charge in [0.05, 0.1) is 5.41 Å². The molecule has 0 spiro atoms. The molecule has 1 amide bonds. The van der Waals surface area contributed by atoms with Crippen molar-refractivity contribution in [3.63, 3.8) is 0 Å². The van der Waals surface area contributed by atoms with E-state index in [1.165, 1.54) is 0 Å². The van der Waals surface area contributed by atoms with Crippen molar-refractivity contribution in [1.29, 1.82) is 0 Å². The van der Waals surface area contributed by atoms with Crippen LogP contribution in [0.25, 0.3) is 0 Å². The highest BCUT2D eigenvalue weighted by Crippen LogP contribution is 2.47. The predicted octanol–water partition coefficient (Wildman–Crippen LogP) is 3.67. The maximum Gasteiger partial charge on any atom is 0.410 e. The van der Waals surface area contributed by atoms with E-state index in [4.69, 9.17) is 4.74 Å². The van der Waals surface area contributed by atoms with Gasteiger partial charge in [-0.2, -0.15) is 0 Å². The van der Waals surface area contributed by atoms with Crippen molar-refractivity contribution < 1.29 is 19.4 Å². The smallest absolute Gasteiger partial charge is 0.410 e. The van der Waals surface area contributed by atoms with Crippen molar-refractivity contribution in [2.75, 3.05) is 13.1 Å². The number of rotatable bonds is 2.